The van der Waals surface area contributed by atoms with E-state index in [0.29, 0.717) is 29.3 Å². The second-order valence-electron chi connectivity index (χ2n) is 8.15. The Kier molecular flexibility index (Phi) is 10.8. The Bertz CT molecular complexity index is 497. The van der Waals surface area contributed by atoms with Gasteiger partial charge in [0.05, 0.1) is 31.0 Å². The van der Waals surface area contributed by atoms with Crippen LogP contribution < -0.4 is 0 Å². The average molecular weight is 508 g/mol. The molecule has 1 heterocycles. The molecule has 2 rings (SSSR count). The first-order chi connectivity index (χ1) is 13.5. The molecule has 2 aliphatic rings. The van der Waals surface area contributed by atoms with Crippen LogP contribution >= 0.6 is 22.6 Å². The van der Waals surface area contributed by atoms with Crippen LogP contribution in [0.3, 0.4) is 0 Å². The summed E-state index contributed by atoms with van der Waals surface area (Å²) in [5, 5.41) is 20.6. The molecule has 6 heteroatoms. The molecule has 7 atom stereocenters. The van der Waals surface area contributed by atoms with Crippen molar-refractivity contribution in [2.45, 2.75) is 100.0 Å². The molecule has 1 saturated heterocycles. The first kappa shape index (κ1) is 24.1. The molecule has 0 radical (unpaired) electrons. The molecular formula is C22H37IO5. The first-order valence-electron chi connectivity index (χ1n) is 11.0. The van der Waals surface area contributed by atoms with Crippen molar-refractivity contribution in [1.82, 2.24) is 0 Å². The number of rotatable bonds is 12. The average Bonchev–Trinajstić information content (AvgIpc) is 3.17. The van der Waals surface area contributed by atoms with E-state index in [2.05, 4.69) is 29.5 Å². The molecular weight excluding hydrogens is 471 g/mol. The summed E-state index contributed by atoms with van der Waals surface area (Å²) in [6.07, 6.45) is 11.3. The quantitative estimate of drug-likeness (QED) is 0.136. The predicted molar refractivity (Wildman–Crippen MR) is 118 cm³/mol. The third-order valence-corrected chi connectivity index (χ3v) is 7.40. The summed E-state index contributed by atoms with van der Waals surface area (Å²) < 4.78 is 11.6. The highest BCUT2D eigenvalue weighted by atomic mass is 127. The molecule has 0 aromatic heterocycles. The fraction of sp³-hybridized carbons (Fsp3) is 0.864. The van der Waals surface area contributed by atoms with Crippen molar-refractivity contribution in [3.63, 3.8) is 0 Å². The van der Waals surface area contributed by atoms with E-state index in [1.165, 1.54) is 0 Å². The lowest BCUT2D eigenvalue weighted by Crippen LogP contribution is -2.24. The van der Waals surface area contributed by atoms with Crippen molar-refractivity contribution in [1.29, 1.82) is 0 Å². The topological polar surface area (TPSA) is 76.0 Å². The summed E-state index contributed by atoms with van der Waals surface area (Å²) in [5.41, 5.74) is 0. The standard InChI is InChI=1S/C22H37IO5/c1-3-5-6-8-15(24)11-12-16-17-13-21(28-20(17)14-19(16)25)18(23)9-7-10-22(26)27-4-2/h11-12,15-21,24-25H,3-10,13-14H2,1-2H3/b12-11+/t15-,16+,17+,18+,19+,20-,21+/m0/s1. The van der Waals surface area contributed by atoms with Crippen LogP contribution in [0.2, 0.25) is 0 Å². The number of hydrogen-bond acceptors (Lipinski definition) is 5. The van der Waals surface area contributed by atoms with Crippen LogP contribution in [-0.2, 0) is 14.3 Å². The minimum atomic E-state index is -0.420. The molecule has 1 aliphatic heterocycles. The van der Waals surface area contributed by atoms with Crippen molar-refractivity contribution in [2.24, 2.45) is 11.8 Å². The lowest BCUT2D eigenvalue weighted by molar-refractivity contribution is -0.143. The van der Waals surface area contributed by atoms with Crippen LogP contribution in [0.4, 0.5) is 0 Å². The monoisotopic (exact) mass is 508 g/mol. The van der Waals surface area contributed by atoms with E-state index < -0.39 is 6.10 Å². The molecule has 0 bridgehead atoms. The van der Waals surface area contributed by atoms with Crippen LogP contribution in [0.1, 0.15) is 71.6 Å². The van der Waals surface area contributed by atoms with Gasteiger partial charge in [0.2, 0.25) is 0 Å². The lowest BCUT2D eigenvalue weighted by Gasteiger charge is -2.21. The maximum atomic E-state index is 11.5. The van der Waals surface area contributed by atoms with E-state index >= 15 is 0 Å². The molecule has 162 valence electrons. The molecule has 0 aromatic carbocycles. The Balaban J connectivity index is 1.79. The summed E-state index contributed by atoms with van der Waals surface area (Å²) in [5.74, 6) is 0.265. The van der Waals surface area contributed by atoms with E-state index in [9.17, 15) is 15.0 Å². The fourth-order valence-electron chi connectivity index (χ4n) is 4.44. The highest BCUT2D eigenvalue weighted by molar-refractivity contribution is 14.1. The molecule has 0 aromatic rings. The van der Waals surface area contributed by atoms with Crippen LogP contribution in [0.25, 0.3) is 0 Å². The number of unbranched alkanes of at least 4 members (excludes halogenated alkanes) is 2. The van der Waals surface area contributed by atoms with E-state index in [1.54, 1.807) is 0 Å². The summed E-state index contributed by atoms with van der Waals surface area (Å²) in [7, 11) is 0. The Morgan fingerprint density at radius 3 is 2.75 bits per heavy atom. The molecule has 5 nitrogen and oxygen atoms in total. The Morgan fingerprint density at radius 1 is 1.25 bits per heavy atom. The number of esters is 1. The zero-order chi connectivity index (χ0) is 20.5. The van der Waals surface area contributed by atoms with Crippen molar-refractivity contribution >= 4 is 28.6 Å². The number of aliphatic hydroxyl groups excluding tert-OH is 2. The number of ether oxygens (including phenoxy) is 2. The van der Waals surface area contributed by atoms with Gasteiger partial charge in [0, 0.05) is 22.7 Å². The van der Waals surface area contributed by atoms with E-state index in [0.717, 1.165) is 44.9 Å². The normalized spacial score (nSPS) is 31.8. The molecule has 28 heavy (non-hydrogen) atoms. The van der Waals surface area contributed by atoms with Gasteiger partial charge in [-0.1, -0.05) is 60.9 Å². The maximum absolute atomic E-state index is 11.5. The number of carbonyl (C=O) groups excluding carboxylic acids is 1. The van der Waals surface area contributed by atoms with Crippen LogP contribution in [0.15, 0.2) is 12.2 Å². The van der Waals surface area contributed by atoms with E-state index in [4.69, 9.17) is 9.47 Å². The van der Waals surface area contributed by atoms with Crippen LogP contribution in [0.5, 0.6) is 0 Å². The van der Waals surface area contributed by atoms with Gasteiger partial charge in [-0.15, -0.1) is 0 Å². The van der Waals surface area contributed by atoms with Gasteiger partial charge >= 0.3 is 5.97 Å². The molecule has 2 N–H and O–H groups in total. The minimum absolute atomic E-state index is 0.0685. The molecule has 2 fully saturated rings. The Labute approximate surface area is 183 Å². The molecule has 0 amide bonds. The van der Waals surface area contributed by atoms with Gasteiger partial charge in [0.25, 0.3) is 0 Å². The van der Waals surface area contributed by atoms with Crippen LogP contribution in [-0.4, -0.2) is 51.1 Å². The summed E-state index contributed by atoms with van der Waals surface area (Å²) in [4.78, 5) is 11.5. The number of halogens is 1. The van der Waals surface area contributed by atoms with Gasteiger partial charge in [-0.25, -0.2) is 0 Å². The largest absolute Gasteiger partial charge is 0.466 e. The zero-order valence-corrected chi connectivity index (χ0v) is 19.4. The SMILES string of the molecule is CCCCC[C@H](O)/C=C/[C@@H]1[C@H]2C[C@H]([C@H](I)CCCC(=O)OCC)O[C@H]2C[C@H]1O. The number of fused-ring (bicyclic) bond motifs is 1. The van der Waals surface area contributed by atoms with Gasteiger partial charge in [0.1, 0.15) is 0 Å². The zero-order valence-electron chi connectivity index (χ0n) is 17.3. The number of aliphatic hydroxyl groups is 2. The first-order valence-corrected chi connectivity index (χ1v) is 12.2. The molecule has 1 aliphatic carbocycles. The van der Waals surface area contributed by atoms with E-state index in [-0.39, 0.29) is 30.2 Å². The second kappa shape index (κ2) is 12.5. The predicted octanol–water partition coefficient (Wildman–Crippen LogP) is 4.18. The summed E-state index contributed by atoms with van der Waals surface area (Å²) in [6, 6.07) is 0. The van der Waals surface area contributed by atoms with Crippen molar-refractivity contribution in [2.75, 3.05) is 6.61 Å². The van der Waals surface area contributed by atoms with Crippen molar-refractivity contribution in [3.05, 3.63) is 12.2 Å². The third-order valence-electron chi connectivity index (χ3n) is 5.97. The third kappa shape index (κ3) is 7.26. The van der Waals surface area contributed by atoms with Crippen molar-refractivity contribution in [3.8, 4) is 0 Å². The van der Waals surface area contributed by atoms with Crippen molar-refractivity contribution < 1.29 is 24.5 Å². The summed E-state index contributed by atoms with van der Waals surface area (Å²) in [6.45, 7) is 4.42. The highest BCUT2D eigenvalue weighted by Gasteiger charge is 2.49. The second-order valence-corrected chi connectivity index (χ2v) is 9.75. The van der Waals surface area contributed by atoms with Crippen LogP contribution in [0, 0.1) is 11.8 Å². The highest BCUT2D eigenvalue weighted by Crippen LogP contribution is 2.46. The van der Waals surface area contributed by atoms with E-state index in [1.807, 2.05) is 19.1 Å². The number of hydrogen-bond donors (Lipinski definition) is 2. The summed E-state index contributed by atoms with van der Waals surface area (Å²) >= 11 is 2.44. The van der Waals surface area contributed by atoms with Gasteiger partial charge in [0.15, 0.2) is 0 Å². The minimum Gasteiger partial charge on any atom is -0.466 e. The molecule has 0 spiro atoms. The Hall–Kier alpha value is -0.180. The maximum Gasteiger partial charge on any atom is 0.305 e. The molecule has 1 saturated carbocycles. The van der Waals surface area contributed by atoms with Gasteiger partial charge in [-0.3, -0.25) is 4.79 Å². The molecule has 0 unspecified atom stereocenters. The smallest absolute Gasteiger partial charge is 0.305 e. The number of alkyl halides is 1. The number of carbonyl (C=O) groups is 1. The lowest BCUT2D eigenvalue weighted by atomic mass is 9.89. The van der Waals surface area contributed by atoms with Gasteiger partial charge < -0.3 is 19.7 Å². The van der Waals surface area contributed by atoms with Gasteiger partial charge in [-0.05, 0) is 38.5 Å². The Morgan fingerprint density at radius 2 is 2.04 bits per heavy atom. The fourth-order valence-corrected chi connectivity index (χ4v) is 5.34. The van der Waals surface area contributed by atoms with Gasteiger partial charge in [-0.2, -0.15) is 0 Å².